The van der Waals surface area contributed by atoms with Crippen molar-refractivity contribution in [3.8, 4) is 44.5 Å². The van der Waals surface area contributed by atoms with E-state index < -0.39 is 5.41 Å². The zero-order valence-electron chi connectivity index (χ0n) is 36.3. The van der Waals surface area contributed by atoms with Crippen LogP contribution in [0.5, 0.6) is 0 Å². The Bertz CT molecular complexity index is 3430. The molecule has 0 fully saturated rings. The van der Waals surface area contributed by atoms with E-state index in [0.717, 1.165) is 17.1 Å². The minimum absolute atomic E-state index is 0.146. The molecule has 0 aromatic heterocycles. The molecule has 0 aliphatic heterocycles. The molecule has 0 bridgehead atoms. The lowest BCUT2D eigenvalue weighted by atomic mass is 9.69. The van der Waals surface area contributed by atoms with Crippen molar-refractivity contribution in [1.29, 1.82) is 0 Å². The van der Waals surface area contributed by atoms with Gasteiger partial charge in [0.25, 0.3) is 0 Å². The van der Waals surface area contributed by atoms with Crippen molar-refractivity contribution >= 4 is 39.2 Å². The summed E-state index contributed by atoms with van der Waals surface area (Å²) in [5.74, 6) is 0.315. The summed E-state index contributed by atoms with van der Waals surface area (Å²) in [5, 5.41) is 2.69. The van der Waals surface area contributed by atoms with E-state index in [1.807, 2.05) is 0 Å². The minimum atomic E-state index is -0.608. The Balaban J connectivity index is 1.13. The predicted molar refractivity (Wildman–Crippen MR) is 269 cm³/mol. The number of anilines is 5. The Labute approximate surface area is 375 Å². The lowest BCUT2D eigenvalue weighted by Crippen LogP contribution is -2.36. The van der Waals surface area contributed by atoms with Crippen LogP contribution in [0.1, 0.15) is 41.7 Å². The van der Waals surface area contributed by atoms with Crippen LogP contribution in [0.4, 0.5) is 28.4 Å². The van der Waals surface area contributed by atoms with Crippen molar-refractivity contribution in [2.75, 3.05) is 9.80 Å². The average Bonchev–Trinajstić information content (AvgIpc) is 3.93. The van der Waals surface area contributed by atoms with Gasteiger partial charge in [-0.3, -0.25) is 0 Å². The second-order valence-corrected chi connectivity index (χ2v) is 18.2. The van der Waals surface area contributed by atoms with E-state index in [2.05, 4.69) is 243 Å². The highest BCUT2D eigenvalue weighted by atomic mass is 15.2. The van der Waals surface area contributed by atoms with E-state index in [1.165, 1.54) is 100 Å². The van der Waals surface area contributed by atoms with Gasteiger partial charge in [0.05, 0.1) is 11.5 Å². The van der Waals surface area contributed by atoms with E-state index in [9.17, 15) is 0 Å². The first kappa shape index (κ1) is 36.9. The maximum atomic E-state index is 2.59. The fraction of sp³-hybridized carbons (Fsp3) is 0.0968. The van der Waals surface area contributed by atoms with Gasteiger partial charge < -0.3 is 9.80 Å². The molecule has 13 rings (SSSR count). The number of aryl methyl sites for hydroxylation is 1. The summed E-state index contributed by atoms with van der Waals surface area (Å²) < 4.78 is 0. The first-order chi connectivity index (χ1) is 31.5. The molecule has 4 aliphatic rings. The molecule has 9 aromatic rings. The normalized spacial score (nSPS) is 18.0. The molecule has 3 unspecified atom stereocenters. The van der Waals surface area contributed by atoms with Gasteiger partial charge in [-0.2, -0.15) is 0 Å². The lowest BCUT2D eigenvalue weighted by molar-refractivity contribution is 0.605. The zero-order chi connectivity index (χ0) is 42.7. The van der Waals surface area contributed by atoms with Crippen LogP contribution in [0, 0.1) is 12.8 Å². The van der Waals surface area contributed by atoms with Crippen LogP contribution in [-0.2, 0) is 5.41 Å². The molecule has 2 nitrogen and oxygen atoms in total. The van der Waals surface area contributed by atoms with E-state index in [0.29, 0.717) is 5.92 Å². The lowest BCUT2D eigenvalue weighted by Gasteiger charge is -2.38. The quantitative estimate of drug-likeness (QED) is 0.165. The maximum Gasteiger partial charge on any atom is 0.0727 e. The van der Waals surface area contributed by atoms with Crippen LogP contribution < -0.4 is 9.80 Å². The zero-order valence-corrected chi connectivity index (χ0v) is 36.3. The van der Waals surface area contributed by atoms with E-state index in [4.69, 9.17) is 0 Å². The topological polar surface area (TPSA) is 6.48 Å². The van der Waals surface area contributed by atoms with E-state index >= 15 is 0 Å². The van der Waals surface area contributed by atoms with Gasteiger partial charge in [-0.1, -0.05) is 164 Å². The van der Waals surface area contributed by atoms with Gasteiger partial charge in [0.1, 0.15) is 0 Å². The summed E-state index contributed by atoms with van der Waals surface area (Å²) in [6.45, 7) is 6.73. The van der Waals surface area contributed by atoms with Crippen LogP contribution in [-0.4, -0.2) is 6.04 Å². The van der Waals surface area contributed by atoms with Crippen molar-refractivity contribution in [3.63, 3.8) is 0 Å². The summed E-state index contributed by atoms with van der Waals surface area (Å²) in [6, 6.07) is 73.4. The highest BCUT2D eigenvalue weighted by molar-refractivity contribution is 6.21. The van der Waals surface area contributed by atoms with Crippen LogP contribution in [0.15, 0.2) is 218 Å². The van der Waals surface area contributed by atoms with Gasteiger partial charge in [0.15, 0.2) is 0 Å². The second-order valence-electron chi connectivity index (χ2n) is 18.2. The van der Waals surface area contributed by atoms with Crippen molar-refractivity contribution in [1.82, 2.24) is 0 Å². The Hall–Kier alpha value is -7.68. The van der Waals surface area contributed by atoms with Crippen molar-refractivity contribution < 1.29 is 0 Å². The molecule has 0 saturated heterocycles. The second kappa shape index (κ2) is 13.9. The van der Waals surface area contributed by atoms with Crippen LogP contribution in [0.2, 0.25) is 0 Å². The number of hydrogen-bond donors (Lipinski definition) is 0. The third kappa shape index (κ3) is 5.14. The first-order valence-electron chi connectivity index (χ1n) is 22.7. The molecule has 0 radical (unpaired) electrons. The largest absolute Gasteiger partial charge is 0.334 e. The monoisotopic (exact) mass is 818 g/mol. The number of nitrogens with zero attached hydrogens (tertiary/aromatic N) is 2. The molecule has 304 valence electrons. The SMILES string of the molecule is CC1=CC(C)C(N(c2ccccc2)c2ccc3c(c2)C2(c4cc(N(c5ccccc5)c5ccc(C)cc5)ccc4-3)c3ccccc3-c3c2cc2c4c(cccc34)-c3ccccc3-2)C=C1. The molecule has 3 atom stereocenters. The number of rotatable bonds is 6. The molecule has 0 saturated carbocycles. The molecular formula is C62H46N2. The summed E-state index contributed by atoms with van der Waals surface area (Å²) >= 11 is 0. The first-order valence-corrected chi connectivity index (χ1v) is 22.7. The smallest absolute Gasteiger partial charge is 0.0727 e. The standard InChI is InChI=1S/C62H46N2/c1-39-25-28-44(29-26-39)63(42-15-6-4-7-16-42)45-30-32-49-50-33-31-46(64(43-17-8-5-9-18-43)59-34-27-40(2)35-41(59)3)37-57(50)62(56(49)36-45)55-24-13-12-21-52(55)61-53-23-14-22-51-47-19-10-11-20-48(47)54(60(51)53)38-58(61)62/h4-38,41,59H,1-3H3. The molecule has 0 N–H and O–H groups in total. The molecule has 2 heteroatoms. The van der Waals surface area contributed by atoms with E-state index in [-0.39, 0.29) is 6.04 Å². The molecule has 0 amide bonds. The van der Waals surface area contributed by atoms with Gasteiger partial charge in [-0.25, -0.2) is 0 Å². The Morgan fingerprint density at radius 2 is 1.00 bits per heavy atom. The Kier molecular flexibility index (Phi) is 8.03. The number of allylic oxidation sites excluding steroid dienone is 2. The van der Waals surface area contributed by atoms with Gasteiger partial charge in [-0.15, -0.1) is 0 Å². The van der Waals surface area contributed by atoms with Crippen molar-refractivity contribution in [3.05, 3.63) is 246 Å². The third-order valence-electron chi connectivity index (χ3n) is 14.6. The molecule has 64 heavy (non-hydrogen) atoms. The molecular weight excluding hydrogens is 773 g/mol. The Morgan fingerprint density at radius 3 is 1.72 bits per heavy atom. The number of para-hydroxylation sites is 2. The molecule has 9 aromatic carbocycles. The maximum absolute atomic E-state index is 2.59. The van der Waals surface area contributed by atoms with Crippen LogP contribution in [0.3, 0.4) is 0 Å². The fourth-order valence-corrected chi connectivity index (χ4v) is 11.9. The fourth-order valence-electron chi connectivity index (χ4n) is 11.9. The molecule has 1 spiro atoms. The summed E-state index contributed by atoms with van der Waals surface area (Å²) in [4.78, 5) is 5.00. The van der Waals surface area contributed by atoms with Crippen LogP contribution >= 0.6 is 0 Å². The molecule has 4 aliphatic carbocycles. The molecule has 0 heterocycles. The average molecular weight is 819 g/mol. The van der Waals surface area contributed by atoms with Crippen molar-refractivity contribution in [2.24, 2.45) is 5.92 Å². The van der Waals surface area contributed by atoms with Gasteiger partial charge in [0.2, 0.25) is 0 Å². The third-order valence-corrected chi connectivity index (χ3v) is 14.6. The predicted octanol–water partition coefficient (Wildman–Crippen LogP) is 16.3. The highest BCUT2D eigenvalue weighted by Gasteiger charge is 2.53. The number of fused-ring (bicyclic) bond motifs is 14. The number of benzene rings is 9. The van der Waals surface area contributed by atoms with Gasteiger partial charge in [-0.05, 0) is 164 Å². The number of hydrogen-bond acceptors (Lipinski definition) is 2. The Morgan fingerprint density at radius 1 is 0.422 bits per heavy atom. The van der Waals surface area contributed by atoms with Crippen LogP contribution in [0.25, 0.3) is 55.3 Å². The minimum Gasteiger partial charge on any atom is -0.334 e. The summed E-state index contributed by atoms with van der Waals surface area (Å²) in [5.41, 5.74) is 23.6. The highest BCUT2D eigenvalue weighted by Crippen LogP contribution is 2.66. The summed E-state index contributed by atoms with van der Waals surface area (Å²) in [6.07, 6.45) is 7.12. The van der Waals surface area contributed by atoms with E-state index in [1.54, 1.807) is 0 Å². The van der Waals surface area contributed by atoms with Crippen molar-refractivity contribution in [2.45, 2.75) is 32.2 Å². The van der Waals surface area contributed by atoms with Gasteiger partial charge in [0, 0.05) is 28.4 Å². The summed E-state index contributed by atoms with van der Waals surface area (Å²) in [7, 11) is 0. The van der Waals surface area contributed by atoms with Gasteiger partial charge >= 0.3 is 0 Å².